The number of carboxylic acid groups (broad SMARTS) is 1. The van der Waals surface area contributed by atoms with Crippen molar-refractivity contribution in [2.45, 2.75) is 84.5 Å². The highest BCUT2D eigenvalue weighted by Crippen LogP contribution is 2.09. The molecule has 0 aliphatic heterocycles. The molecule has 0 saturated heterocycles. The fourth-order valence-electron chi connectivity index (χ4n) is 1.80. The third kappa shape index (κ3) is 25.3. The molecular formula is C19H35NO4. The van der Waals surface area contributed by atoms with Crippen molar-refractivity contribution < 1.29 is 19.4 Å². The Hall–Kier alpha value is -1.65. The van der Waals surface area contributed by atoms with Crippen molar-refractivity contribution >= 4 is 18.2 Å². The van der Waals surface area contributed by atoms with Crippen LogP contribution in [0.2, 0.25) is 0 Å². The number of unbranched alkanes of at least 4 members (excludes halogenated alkanes) is 8. The van der Waals surface area contributed by atoms with Crippen LogP contribution in [-0.4, -0.2) is 30.4 Å². The van der Waals surface area contributed by atoms with E-state index in [-0.39, 0.29) is 18.8 Å². The predicted octanol–water partition coefficient (Wildman–Crippen LogP) is 5.15. The zero-order valence-corrected chi connectivity index (χ0v) is 15.6. The van der Waals surface area contributed by atoms with Gasteiger partial charge in [-0.05, 0) is 12.8 Å². The van der Waals surface area contributed by atoms with Gasteiger partial charge in [-0.25, -0.2) is 0 Å². The van der Waals surface area contributed by atoms with E-state index in [1.54, 1.807) is 19.3 Å². The molecule has 0 radical (unpaired) electrons. The summed E-state index contributed by atoms with van der Waals surface area (Å²) in [6.07, 6.45) is 17.7. The predicted molar refractivity (Wildman–Crippen MR) is 99.4 cm³/mol. The van der Waals surface area contributed by atoms with Gasteiger partial charge in [-0.2, -0.15) is 0 Å². The molecule has 24 heavy (non-hydrogen) atoms. The number of aliphatic carboxylic acids is 1. The third-order valence-electron chi connectivity index (χ3n) is 3.31. The molecule has 5 nitrogen and oxygen atoms in total. The number of aliphatic imine (C=N–C) groups is 1. The van der Waals surface area contributed by atoms with Crippen LogP contribution in [0.5, 0.6) is 0 Å². The van der Waals surface area contributed by atoms with Crippen LogP contribution in [-0.2, 0) is 14.3 Å². The maximum Gasteiger partial charge on any atom is 0.310 e. The minimum Gasteiger partial charge on any atom is -0.481 e. The highest BCUT2D eigenvalue weighted by atomic mass is 16.5. The van der Waals surface area contributed by atoms with Crippen molar-refractivity contribution in [3.63, 3.8) is 0 Å². The fraction of sp³-hybridized carbons (Fsp3) is 0.737. The van der Waals surface area contributed by atoms with Crippen LogP contribution in [0, 0.1) is 0 Å². The second kappa shape index (κ2) is 21.4. The molecule has 0 unspecified atom stereocenters. The Kier molecular flexibility index (Phi) is 21.9. The average Bonchev–Trinajstić information content (AvgIpc) is 2.59. The summed E-state index contributed by atoms with van der Waals surface area (Å²) < 4.78 is 4.50. The Morgan fingerprint density at radius 1 is 1.00 bits per heavy atom. The maximum atomic E-state index is 10.8. The van der Waals surface area contributed by atoms with E-state index in [4.69, 9.17) is 5.11 Å². The van der Waals surface area contributed by atoms with E-state index in [9.17, 15) is 9.59 Å². The summed E-state index contributed by atoms with van der Waals surface area (Å²) in [5.41, 5.74) is 0. The molecule has 0 saturated carbocycles. The number of ether oxygens (including phenoxy) is 1. The fourth-order valence-corrected chi connectivity index (χ4v) is 1.80. The van der Waals surface area contributed by atoms with Gasteiger partial charge in [0.1, 0.15) is 0 Å². The lowest BCUT2D eigenvalue weighted by Gasteiger charge is -1.99. The zero-order chi connectivity index (χ0) is 18.5. The summed E-state index contributed by atoms with van der Waals surface area (Å²) in [5, 5.41) is 7.72. The summed E-state index contributed by atoms with van der Waals surface area (Å²) in [6.45, 7) is 3.85. The number of hydrogen-bond acceptors (Lipinski definition) is 4. The third-order valence-corrected chi connectivity index (χ3v) is 3.31. The quantitative estimate of drug-likeness (QED) is 0.286. The van der Waals surface area contributed by atoms with E-state index in [0.717, 1.165) is 6.42 Å². The van der Waals surface area contributed by atoms with Crippen LogP contribution >= 0.6 is 0 Å². The van der Waals surface area contributed by atoms with Crippen LogP contribution in [0.1, 0.15) is 84.5 Å². The van der Waals surface area contributed by atoms with Gasteiger partial charge in [0, 0.05) is 18.8 Å². The van der Waals surface area contributed by atoms with Gasteiger partial charge in [-0.15, -0.1) is 0 Å². The Labute approximate surface area is 147 Å². The first-order valence-electron chi connectivity index (χ1n) is 9.03. The Morgan fingerprint density at radius 3 is 2.04 bits per heavy atom. The van der Waals surface area contributed by atoms with Crippen LogP contribution in [0.25, 0.3) is 0 Å². The van der Waals surface area contributed by atoms with Gasteiger partial charge in [-0.1, -0.05) is 64.9 Å². The Morgan fingerprint density at radius 2 is 1.54 bits per heavy atom. The van der Waals surface area contributed by atoms with Gasteiger partial charge >= 0.3 is 11.9 Å². The molecule has 0 aliphatic rings. The Bertz CT molecular complexity index is 351. The standard InChI is InChI=1S/C16H29NO2.C3H6O2/c1-3-4-5-6-7-8-9-10-11-12-14-17-15-13-16(18)19-2;1-2-3(4)5/h12,14-15H,3-11,13H2,1-2H3;2H2,1H3,(H,4,5). The largest absolute Gasteiger partial charge is 0.481 e. The summed E-state index contributed by atoms with van der Waals surface area (Å²) in [7, 11) is 1.38. The first-order chi connectivity index (χ1) is 11.6. The molecule has 0 aromatic carbocycles. The number of allylic oxidation sites excluding steroid dienone is 1. The molecule has 1 N–H and O–H groups in total. The highest BCUT2D eigenvalue weighted by molar-refractivity contribution is 5.85. The zero-order valence-electron chi connectivity index (χ0n) is 15.6. The molecule has 0 atom stereocenters. The number of hydrogen-bond donors (Lipinski definition) is 1. The van der Waals surface area contributed by atoms with Crippen LogP contribution in [0.4, 0.5) is 0 Å². The lowest BCUT2D eigenvalue weighted by atomic mass is 10.1. The van der Waals surface area contributed by atoms with E-state index in [1.807, 2.05) is 0 Å². The SMILES string of the molecule is CCC(=O)O.CCCCCCCCCCC=CN=CCC(=O)OC. The van der Waals surface area contributed by atoms with Gasteiger partial charge in [0.25, 0.3) is 0 Å². The normalized spacial score (nSPS) is 10.6. The van der Waals surface area contributed by atoms with Crippen molar-refractivity contribution in [3.05, 3.63) is 12.3 Å². The number of methoxy groups -OCH3 is 1. The van der Waals surface area contributed by atoms with Gasteiger partial charge in [0.15, 0.2) is 0 Å². The van der Waals surface area contributed by atoms with Crippen LogP contribution in [0.3, 0.4) is 0 Å². The second-order valence-electron chi connectivity index (χ2n) is 5.51. The molecule has 0 fully saturated rings. The summed E-state index contributed by atoms with van der Waals surface area (Å²) in [6, 6.07) is 0. The number of carboxylic acids is 1. The number of rotatable bonds is 13. The van der Waals surface area contributed by atoms with Gasteiger partial charge < -0.3 is 9.84 Å². The second-order valence-corrected chi connectivity index (χ2v) is 5.51. The molecule has 0 aliphatic carbocycles. The smallest absolute Gasteiger partial charge is 0.310 e. The monoisotopic (exact) mass is 341 g/mol. The minimum atomic E-state index is -0.745. The molecule has 0 spiro atoms. The van der Waals surface area contributed by atoms with Crippen molar-refractivity contribution in [1.29, 1.82) is 0 Å². The minimum absolute atomic E-state index is 0.222. The number of nitrogens with zero attached hydrogens (tertiary/aromatic N) is 1. The van der Waals surface area contributed by atoms with Crippen molar-refractivity contribution in [2.75, 3.05) is 7.11 Å². The molecule has 0 aromatic heterocycles. The molecule has 0 bridgehead atoms. The van der Waals surface area contributed by atoms with Crippen LogP contribution < -0.4 is 0 Å². The molecule has 140 valence electrons. The molecule has 0 rings (SSSR count). The van der Waals surface area contributed by atoms with Gasteiger partial charge in [-0.3, -0.25) is 14.6 Å². The van der Waals surface area contributed by atoms with E-state index in [1.165, 1.54) is 58.5 Å². The highest BCUT2D eigenvalue weighted by Gasteiger charge is 1.93. The summed E-state index contributed by atoms with van der Waals surface area (Å²) in [5.74, 6) is -0.995. The van der Waals surface area contributed by atoms with Crippen LogP contribution in [0.15, 0.2) is 17.3 Å². The van der Waals surface area contributed by atoms with E-state index in [0.29, 0.717) is 0 Å². The lowest BCUT2D eigenvalue weighted by molar-refractivity contribution is -0.139. The molecule has 0 heterocycles. The summed E-state index contributed by atoms with van der Waals surface area (Å²) >= 11 is 0. The van der Waals surface area contributed by atoms with E-state index >= 15 is 0 Å². The first kappa shape index (κ1) is 24.6. The number of carbonyl (C=O) groups excluding carboxylic acids is 1. The van der Waals surface area contributed by atoms with Crippen molar-refractivity contribution in [3.8, 4) is 0 Å². The van der Waals surface area contributed by atoms with Crippen molar-refractivity contribution in [1.82, 2.24) is 0 Å². The maximum absolute atomic E-state index is 10.8. The molecule has 5 heteroatoms. The van der Waals surface area contributed by atoms with E-state index in [2.05, 4.69) is 22.7 Å². The molecular weight excluding hydrogens is 306 g/mol. The van der Waals surface area contributed by atoms with Gasteiger partial charge in [0.05, 0.1) is 13.5 Å². The van der Waals surface area contributed by atoms with Crippen molar-refractivity contribution in [2.24, 2.45) is 4.99 Å². The summed E-state index contributed by atoms with van der Waals surface area (Å²) in [4.78, 5) is 24.2. The average molecular weight is 341 g/mol. The Balaban J connectivity index is 0. The van der Waals surface area contributed by atoms with E-state index < -0.39 is 5.97 Å². The number of esters is 1. The molecule has 0 amide bonds. The lowest BCUT2D eigenvalue weighted by Crippen LogP contribution is -1.99. The first-order valence-corrected chi connectivity index (χ1v) is 9.03. The molecule has 0 aromatic rings. The number of carbonyl (C=O) groups is 2. The van der Waals surface area contributed by atoms with Gasteiger partial charge in [0.2, 0.25) is 0 Å². The topological polar surface area (TPSA) is 76.0 Å².